The van der Waals surface area contributed by atoms with Gasteiger partial charge < -0.3 is 15.2 Å². The number of aromatic amines is 1. The van der Waals surface area contributed by atoms with Gasteiger partial charge in [0, 0.05) is 25.2 Å². The minimum Gasteiger partial charge on any atom is -0.342 e. The quantitative estimate of drug-likeness (QED) is 0.467. The van der Waals surface area contributed by atoms with Crippen molar-refractivity contribution in [3.05, 3.63) is 95.8 Å². The van der Waals surface area contributed by atoms with Crippen LogP contribution in [0, 0.1) is 11.6 Å². The largest absolute Gasteiger partial charge is 0.342 e. The first-order chi connectivity index (χ1) is 14.6. The van der Waals surface area contributed by atoms with Crippen molar-refractivity contribution >= 4 is 22.8 Å². The maximum absolute atomic E-state index is 13.5. The van der Waals surface area contributed by atoms with Crippen molar-refractivity contribution in [2.75, 3.05) is 11.9 Å². The van der Waals surface area contributed by atoms with Crippen LogP contribution in [0.2, 0.25) is 0 Å². The molecule has 4 aromatic rings. The van der Waals surface area contributed by atoms with E-state index in [9.17, 15) is 13.6 Å². The van der Waals surface area contributed by atoms with Gasteiger partial charge in [-0.15, -0.1) is 0 Å². The summed E-state index contributed by atoms with van der Waals surface area (Å²) in [6.07, 6.45) is 0.506. The van der Waals surface area contributed by atoms with Crippen LogP contribution in [-0.2, 0) is 13.0 Å². The number of anilines is 1. The highest BCUT2D eigenvalue weighted by Crippen LogP contribution is 2.15. The van der Waals surface area contributed by atoms with Crippen LogP contribution in [0.5, 0.6) is 0 Å². The molecule has 5 nitrogen and oxygen atoms in total. The number of H-pyrrole nitrogens is 1. The Morgan fingerprint density at radius 2 is 1.77 bits per heavy atom. The van der Waals surface area contributed by atoms with Gasteiger partial charge in [-0.2, -0.15) is 0 Å². The van der Waals surface area contributed by atoms with Crippen LogP contribution in [-0.4, -0.2) is 27.4 Å². The molecule has 0 saturated carbocycles. The van der Waals surface area contributed by atoms with Crippen molar-refractivity contribution in [3.63, 3.8) is 0 Å². The zero-order chi connectivity index (χ0) is 20.9. The van der Waals surface area contributed by atoms with Gasteiger partial charge in [-0.1, -0.05) is 30.3 Å². The van der Waals surface area contributed by atoms with Crippen LogP contribution in [0.15, 0.2) is 72.8 Å². The molecule has 2 N–H and O–H groups in total. The molecule has 0 atom stereocenters. The van der Waals surface area contributed by atoms with E-state index in [-0.39, 0.29) is 18.4 Å². The van der Waals surface area contributed by atoms with Gasteiger partial charge in [0.05, 0.1) is 11.0 Å². The predicted octanol–water partition coefficient (Wildman–Crippen LogP) is 5.12. The molecule has 0 bridgehead atoms. The Kier molecular flexibility index (Phi) is 5.70. The summed E-state index contributed by atoms with van der Waals surface area (Å²) >= 11 is 0. The van der Waals surface area contributed by atoms with E-state index in [1.54, 1.807) is 23.1 Å². The third kappa shape index (κ3) is 4.81. The zero-order valence-electron chi connectivity index (χ0n) is 16.1. The average Bonchev–Trinajstić information content (AvgIpc) is 3.15. The van der Waals surface area contributed by atoms with Crippen molar-refractivity contribution in [2.24, 2.45) is 0 Å². The third-order valence-electron chi connectivity index (χ3n) is 4.71. The van der Waals surface area contributed by atoms with E-state index in [4.69, 9.17) is 0 Å². The number of amides is 2. The van der Waals surface area contributed by atoms with E-state index in [0.29, 0.717) is 18.7 Å². The average molecular weight is 406 g/mol. The molecule has 0 radical (unpaired) electrons. The lowest BCUT2D eigenvalue weighted by Gasteiger charge is -2.23. The van der Waals surface area contributed by atoms with E-state index in [1.165, 1.54) is 30.3 Å². The number of nitrogens with one attached hydrogen (secondary N) is 2. The first-order valence-corrected chi connectivity index (χ1v) is 9.56. The summed E-state index contributed by atoms with van der Waals surface area (Å²) < 4.78 is 26.7. The van der Waals surface area contributed by atoms with Crippen LogP contribution in [0.4, 0.5) is 19.3 Å². The normalized spacial score (nSPS) is 10.9. The molecule has 2 amide bonds. The molecule has 0 spiro atoms. The van der Waals surface area contributed by atoms with Gasteiger partial charge in [0.15, 0.2) is 0 Å². The van der Waals surface area contributed by atoms with Crippen molar-refractivity contribution < 1.29 is 13.6 Å². The van der Waals surface area contributed by atoms with Crippen LogP contribution in [0.3, 0.4) is 0 Å². The smallest absolute Gasteiger partial charge is 0.322 e. The lowest BCUT2D eigenvalue weighted by atomic mass is 10.2. The summed E-state index contributed by atoms with van der Waals surface area (Å²) in [5.41, 5.74) is 2.95. The Labute approximate surface area is 172 Å². The maximum Gasteiger partial charge on any atom is 0.322 e. The van der Waals surface area contributed by atoms with Gasteiger partial charge >= 0.3 is 6.03 Å². The zero-order valence-corrected chi connectivity index (χ0v) is 16.1. The molecule has 152 valence electrons. The van der Waals surface area contributed by atoms with Crippen molar-refractivity contribution in [3.8, 4) is 0 Å². The van der Waals surface area contributed by atoms with Gasteiger partial charge in [-0.05, 0) is 48.0 Å². The van der Waals surface area contributed by atoms with Gasteiger partial charge in [0.25, 0.3) is 0 Å². The molecule has 30 heavy (non-hydrogen) atoms. The molecule has 1 aromatic heterocycles. The summed E-state index contributed by atoms with van der Waals surface area (Å²) in [5.74, 6) is -0.00388. The van der Waals surface area contributed by atoms with Crippen LogP contribution in [0.25, 0.3) is 11.0 Å². The number of imidazole rings is 1. The monoisotopic (exact) mass is 406 g/mol. The Hall–Kier alpha value is -3.74. The van der Waals surface area contributed by atoms with E-state index in [1.807, 2.05) is 24.3 Å². The second-order valence-corrected chi connectivity index (χ2v) is 6.94. The van der Waals surface area contributed by atoms with Crippen molar-refractivity contribution in [1.29, 1.82) is 0 Å². The second kappa shape index (κ2) is 8.73. The SMILES string of the molecule is O=C(Nc1cccc(F)c1)N(CCc1nc2ccccc2[nH]1)Cc1ccc(F)cc1. The number of urea groups is 1. The molecule has 4 rings (SSSR count). The number of hydrogen-bond donors (Lipinski definition) is 2. The summed E-state index contributed by atoms with van der Waals surface area (Å²) in [6, 6.07) is 19.0. The first-order valence-electron chi connectivity index (χ1n) is 9.56. The Morgan fingerprint density at radius 1 is 0.967 bits per heavy atom. The molecule has 0 aliphatic carbocycles. The van der Waals surface area contributed by atoms with Crippen molar-refractivity contribution in [2.45, 2.75) is 13.0 Å². The van der Waals surface area contributed by atoms with Gasteiger partial charge in [-0.25, -0.2) is 18.6 Å². The van der Waals surface area contributed by atoms with E-state index in [2.05, 4.69) is 15.3 Å². The number of rotatable bonds is 6. The number of fused-ring (bicyclic) bond motifs is 1. The molecule has 7 heteroatoms. The highest BCUT2D eigenvalue weighted by molar-refractivity contribution is 5.89. The van der Waals surface area contributed by atoms with Crippen LogP contribution in [0.1, 0.15) is 11.4 Å². The Morgan fingerprint density at radius 3 is 2.53 bits per heavy atom. The van der Waals surface area contributed by atoms with Crippen LogP contribution < -0.4 is 5.32 Å². The fourth-order valence-corrected chi connectivity index (χ4v) is 3.20. The van der Waals surface area contributed by atoms with Gasteiger partial charge in [-0.3, -0.25) is 0 Å². The lowest BCUT2D eigenvalue weighted by molar-refractivity contribution is 0.209. The molecule has 1 heterocycles. The topological polar surface area (TPSA) is 61.0 Å². The fraction of sp³-hybridized carbons (Fsp3) is 0.130. The number of hydrogen-bond acceptors (Lipinski definition) is 2. The molecular weight excluding hydrogens is 386 g/mol. The molecule has 0 unspecified atom stereocenters. The van der Waals surface area contributed by atoms with E-state index < -0.39 is 5.82 Å². The van der Waals surface area contributed by atoms with Gasteiger partial charge in [0.1, 0.15) is 17.5 Å². The van der Waals surface area contributed by atoms with Crippen LogP contribution >= 0.6 is 0 Å². The standard InChI is InChI=1S/C23H20F2N4O/c24-17-10-8-16(9-11-17)15-29(23(30)26-19-5-3-4-18(25)14-19)13-12-22-27-20-6-1-2-7-21(20)28-22/h1-11,14H,12-13,15H2,(H,26,30)(H,27,28). The molecule has 0 aliphatic rings. The molecule has 0 fully saturated rings. The number of benzene rings is 3. The Balaban J connectivity index is 1.50. The molecular formula is C23H20F2N4O. The number of aromatic nitrogens is 2. The minimum atomic E-state index is -0.430. The molecule has 3 aromatic carbocycles. The fourth-order valence-electron chi connectivity index (χ4n) is 3.20. The summed E-state index contributed by atoms with van der Waals surface area (Å²) in [7, 11) is 0. The number of para-hydroxylation sites is 2. The Bertz CT molecular complexity index is 1120. The first kappa shape index (κ1) is 19.6. The van der Waals surface area contributed by atoms with E-state index >= 15 is 0 Å². The van der Waals surface area contributed by atoms with E-state index in [0.717, 1.165) is 22.4 Å². The number of carbonyl (C=O) groups is 1. The molecule has 0 aliphatic heterocycles. The molecule has 0 saturated heterocycles. The summed E-state index contributed by atoms with van der Waals surface area (Å²) in [6.45, 7) is 0.653. The highest BCUT2D eigenvalue weighted by Gasteiger charge is 2.16. The predicted molar refractivity (Wildman–Crippen MR) is 112 cm³/mol. The second-order valence-electron chi connectivity index (χ2n) is 6.94. The minimum absolute atomic E-state index is 0.279. The third-order valence-corrected chi connectivity index (χ3v) is 4.71. The number of carbonyl (C=O) groups excluding carboxylic acids is 1. The number of halogens is 2. The number of nitrogens with zero attached hydrogens (tertiary/aromatic N) is 2. The summed E-state index contributed by atoms with van der Waals surface area (Å²) in [4.78, 5) is 22.3. The van der Waals surface area contributed by atoms with Crippen molar-refractivity contribution in [1.82, 2.24) is 14.9 Å². The summed E-state index contributed by atoms with van der Waals surface area (Å²) in [5, 5.41) is 2.72. The highest BCUT2D eigenvalue weighted by atomic mass is 19.1. The van der Waals surface area contributed by atoms with Gasteiger partial charge in [0.2, 0.25) is 0 Å². The maximum atomic E-state index is 13.5. The lowest BCUT2D eigenvalue weighted by Crippen LogP contribution is -2.36.